The normalized spacial score (nSPS) is 12.3. The third kappa shape index (κ3) is 7.30. The van der Waals surface area contributed by atoms with E-state index < -0.39 is 30.4 Å². The van der Waals surface area contributed by atoms with Gasteiger partial charge in [-0.15, -0.1) is 0 Å². The van der Waals surface area contributed by atoms with Gasteiger partial charge in [0, 0.05) is 6.54 Å². The van der Waals surface area contributed by atoms with Crippen LogP contribution in [0.15, 0.2) is 24.3 Å². The average molecular weight is 329 g/mol. The van der Waals surface area contributed by atoms with Crippen LogP contribution < -0.4 is 5.32 Å². The minimum Gasteiger partial charge on any atom is -0.370 e. The molecule has 0 aromatic heterocycles. The number of hydrogen-bond acceptors (Lipinski definition) is 2. The Morgan fingerprint density at radius 1 is 1.05 bits per heavy atom. The maximum atomic E-state index is 12.3. The summed E-state index contributed by atoms with van der Waals surface area (Å²) in [6.07, 6.45) is -9.04. The highest BCUT2D eigenvalue weighted by Gasteiger charge is 2.30. The maximum Gasteiger partial charge on any atom is 0.416 e. The predicted octanol–water partition coefficient (Wildman–Crippen LogP) is 2.94. The standard InChI is InChI=1S/C13H13F6NO2/c14-12(15,16)8-22-6-5-20-11(21)7-9-1-3-10(4-2-9)13(17,18)19/h1-4H,5-8H2,(H,20,21). The summed E-state index contributed by atoms with van der Waals surface area (Å²) in [5.41, 5.74) is -0.459. The first-order valence-corrected chi connectivity index (χ1v) is 6.15. The van der Waals surface area contributed by atoms with Crippen LogP contribution in [0.5, 0.6) is 0 Å². The first-order valence-electron chi connectivity index (χ1n) is 6.15. The van der Waals surface area contributed by atoms with Crippen molar-refractivity contribution in [1.82, 2.24) is 5.32 Å². The second-order valence-corrected chi connectivity index (χ2v) is 4.39. The highest BCUT2D eigenvalue weighted by atomic mass is 19.4. The van der Waals surface area contributed by atoms with Crippen molar-refractivity contribution in [2.45, 2.75) is 18.8 Å². The molecule has 0 aliphatic heterocycles. The van der Waals surface area contributed by atoms with E-state index in [1.807, 2.05) is 0 Å². The molecule has 0 aliphatic carbocycles. The van der Waals surface area contributed by atoms with E-state index in [-0.39, 0.29) is 19.6 Å². The molecule has 1 rings (SSSR count). The van der Waals surface area contributed by atoms with Gasteiger partial charge in [0.1, 0.15) is 6.61 Å². The molecule has 1 amide bonds. The molecular weight excluding hydrogens is 316 g/mol. The lowest BCUT2D eigenvalue weighted by Gasteiger charge is -2.09. The molecule has 0 saturated carbocycles. The molecule has 0 fully saturated rings. The van der Waals surface area contributed by atoms with Crippen LogP contribution in [-0.2, 0) is 22.1 Å². The number of hydrogen-bond donors (Lipinski definition) is 1. The van der Waals surface area contributed by atoms with Crippen LogP contribution in [0, 0.1) is 0 Å². The van der Waals surface area contributed by atoms with Gasteiger partial charge in [-0.3, -0.25) is 4.79 Å². The van der Waals surface area contributed by atoms with Crippen molar-refractivity contribution in [2.75, 3.05) is 19.8 Å². The van der Waals surface area contributed by atoms with Gasteiger partial charge in [0.05, 0.1) is 18.6 Å². The Labute approximate surface area is 122 Å². The third-order valence-corrected chi connectivity index (χ3v) is 2.48. The fourth-order valence-electron chi connectivity index (χ4n) is 1.51. The highest BCUT2D eigenvalue weighted by Crippen LogP contribution is 2.29. The molecule has 0 aliphatic rings. The van der Waals surface area contributed by atoms with Crippen molar-refractivity contribution in [2.24, 2.45) is 0 Å². The van der Waals surface area contributed by atoms with Crippen molar-refractivity contribution in [1.29, 1.82) is 0 Å². The molecule has 1 aromatic carbocycles. The van der Waals surface area contributed by atoms with Crippen molar-refractivity contribution < 1.29 is 35.9 Å². The van der Waals surface area contributed by atoms with Gasteiger partial charge in [-0.1, -0.05) is 12.1 Å². The van der Waals surface area contributed by atoms with Gasteiger partial charge in [0.2, 0.25) is 5.91 Å². The van der Waals surface area contributed by atoms with E-state index in [2.05, 4.69) is 10.1 Å². The summed E-state index contributed by atoms with van der Waals surface area (Å²) in [5.74, 6) is -0.518. The molecule has 0 atom stereocenters. The Bertz CT molecular complexity index is 481. The van der Waals surface area contributed by atoms with Crippen LogP contribution in [0.25, 0.3) is 0 Å². The second-order valence-electron chi connectivity index (χ2n) is 4.39. The fraction of sp³-hybridized carbons (Fsp3) is 0.462. The number of alkyl halides is 6. The van der Waals surface area contributed by atoms with Gasteiger partial charge in [0.15, 0.2) is 0 Å². The number of rotatable bonds is 6. The summed E-state index contributed by atoms with van der Waals surface area (Å²) in [4.78, 5) is 11.4. The first kappa shape index (κ1) is 18.3. The molecule has 0 radical (unpaired) electrons. The quantitative estimate of drug-likeness (QED) is 0.644. The molecule has 22 heavy (non-hydrogen) atoms. The highest BCUT2D eigenvalue weighted by molar-refractivity contribution is 5.78. The van der Waals surface area contributed by atoms with Crippen LogP contribution in [0.4, 0.5) is 26.3 Å². The molecule has 124 valence electrons. The Morgan fingerprint density at radius 3 is 2.14 bits per heavy atom. The van der Waals surface area contributed by atoms with Crippen molar-refractivity contribution in [3.8, 4) is 0 Å². The largest absolute Gasteiger partial charge is 0.416 e. The maximum absolute atomic E-state index is 12.3. The van der Waals surface area contributed by atoms with Gasteiger partial charge in [-0.2, -0.15) is 26.3 Å². The Morgan fingerprint density at radius 2 is 1.64 bits per heavy atom. The smallest absolute Gasteiger partial charge is 0.370 e. The van der Waals surface area contributed by atoms with Gasteiger partial charge in [-0.25, -0.2) is 0 Å². The lowest BCUT2D eigenvalue weighted by molar-refractivity contribution is -0.173. The molecule has 0 spiro atoms. The zero-order chi connectivity index (χ0) is 16.8. The van der Waals surface area contributed by atoms with Crippen LogP contribution in [0.2, 0.25) is 0 Å². The minimum absolute atomic E-state index is 0.116. The molecule has 0 saturated heterocycles. The van der Waals surface area contributed by atoms with Crippen LogP contribution in [0.3, 0.4) is 0 Å². The van der Waals surface area contributed by atoms with Gasteiger partial charge >= 0.3 is 12.4 Å². The van der Waals surface area contributed by atoms with Gasteiger partial charge < -0.3 is 10.1 Å². The summed E-state index contributed by atoms with van der Waals surface area (Å²) in [6.45, 7) is -1.82. The lowest BCUT2D eigenvalue weighted by Crippen LogP contribution is -2.30. The van der Waals surface area contributed by atoms with Crippen LogP contribution >= 0.6 is 0 Å². The fourth-order valence-corrected chi connectivity index (χ4v) is 1.51. The number of ether oxygens (including phenoxy) is 1. The molecule has 3 nitrogen and oxygen atoms in total. The predicted molar refractivity (Wildman–Crippen MR) is 65.0 cm³/mol. The molecule has 0 bridgehead atoms. The lowest BCUT2D eigenvalue weighted by atomic mass is 10.1. The molecule has 1 N–H and O–H groups in total. The van der Waals surface area contributed by atoms with Crippen molar-refractivity contribution >= 4 is 5.91 Å². The van der Waals surface area contributed by atoms with Gasteiger partial charge in [0.25, 0.3) is 0 Å². The molecule has 9 heteroatoms. The van der Waals surface area contributed by atoms with Crippen LogP contribution in [0.1, 0.15) is 11.1 Å². The molecule has 1 aromatic rings. The summed E-state index contributed by atoms with van der Waals surface area (Å²) in [7, 11) is 0. The van der Waals surface area contributed by atoms with E-state index in [9.17, 15) is 31.1 Å². The Balaban J connectivity index is 2.31. The number of carbonyl (C=O) groups is 1. The zero-order valence-corrected chi connectivity index (χ0v) is 11.2. The van der Waals surface area contributed by atoms with E-state index in [1.54, 1.807) is 0 Å². The SMILES string of the molecule is O=C(Cc1ccc(C(F)(F)F)cc1)NCCOCC(F)(F)F. The van der Waals surface area contributed by atoms with Crippen LogP contribution in [-0.4, -0.2) is 31.8 Å². The molecular formula is C13H13F6NO2. The number of nitrogens with one attached hydrogen (secondary N) is 1. The monoisotopic (exact) mass is 329 g/mol. The van der Waals surface area contributed by atoms with E-state index in [1.165, 1.54) is 12.1 Å². The number of amides is 1. The van der Waals surface area contributed by atoms with Gasteiger partial charge in [-0.05, 0) is 17.7 Å². The zero-order valence-electron chi connectivity index (χ0n) is 11.2. The second kappa shape index (κ2) is 7.48. The summed E-state index contributed by atoms with van der Waals surface area (Å²) >= 11 is 0. The van der Waals surface area contributed by atoms with E-state index in [0.29, 0.717) is 5.56 Å². The third-order valence-electron chi connectivity index (χ3n) is 2.48. The number of benzene rings is 1. The average Bonchev–Trinajstić information content (AvgIpc) is 2.36. The summed E-state index contributed by atoms with van der Waals surface area (Å²) in [5, 5.41) is 2.31. The van der Waals surface area contributed by atoms with Crippen molar-refractivity contribution in [3.05, 3.63) is 35.4 Å². The minimum atomic E-state index is -4.45. The number of halogens is 6. The summed E-state index contributed by atoms with van der Waals surface area (Å²) < 4.78 is 76.5. The van der Waals surface area contributed by atoms with E-state index in [0.717, 1.165) is 12.1 Å². The topological polar surface area (TPSA) is 38.3 Å². The van der Waals surface area contributed by atoms with E-state index in [4.69, 9.17) is 0 Å². The number of carbonyl (C=O) groups excluding carboxylic acids is 1. The summed E-state index contributed by atoms with van der Waals surface area (Å²) in [6, 6.07) is 4.05. The van der Waals surface area contributed by atoms with Crippen molar-refractivity contribution in [3.63, 3.8) is 0 Å². The Hall–Kier alpha value is -1.77. The molecule has 0 unspecified atom stereocenters. The molecule has 0 heterocycles. The van der Waals surface area contributed by atoms with E-state index >= 15 is 0 Å². The first-order chi connectivity index (χ1) is 10.1. The Kier molecular flexibility index (Phi) is 6.21.